The number of carboxylic acid groups (broad SMARTS) is 1. The third-order valence-electron chi connectivity index (χ3n) is 4.97. The van der Waals surface area contributed by atoms with E-state index in [1.54, 1.807) is 24.1 Å². The highest BCUT2D eigenvalue weighted by Crippen LogP contribution is 2.22. The molecule has 0 saturated carbocycles. The lowest BCUT2D eigenvalue weighted by molar-refractivity contribution is 0.0697. The van der Waals surface area contributed by atoms with E-state index in [4.69, 9.17) is 5.11 Å². The van der Waals surface area contributed by atoms with Gasteiger partial charge in [-0.15, -0.1) is 0 Å². The van der Waals surface area contributed by atoms with Crippen molar-refractivity contribution in [2.45, 2.75) is 32.7 Å². The zero-order valence-electron chi connectivity index (χ0n) is 15.8. The number of aromatic carboxylic acids is 1. The Morgan fingerprint density at radius 2 is 1.78 bits per heavy atom. The van der Waals surface area contributed by atoms with Gasteiger partial charge in [-0.2, -0.15) is 0 Å². The van der Waals surface area contributed by atoms with E-state index < -0.39 is 5.97 Å². The molecule has 7 heteroatoms. The van der Waals surface area contributed by atoms with Crippen molar-refractivity contribution in [2.75, 3.05) is 25.0 Å². The number of benzene rings is 1. The summed E-state index contributed by atoms with van der Waals surface area (Å²) in [5.74, 6) is 0.514. The summed E-state index contributed by atoms with van der Waals surface area (Å²) in [5.41, 5.74) is 1.48. The zero-order valence-corrected chi connectivity index (χ0v) is 15.8. The van der Waals surface area contributed by atoms with E-state index >= 15 is 0 Å². The van der Waals surface area contributed by atoms with Gasteiger partial charge in [-0.05, 0) is 44.9 Å². The largest absolute Gasteiger partial charge is 0.478 e. The molecule has 1 amide bonds. The van der Waals surface area contributed by atoms with Crippen molar-refractivity contribution in [3.05, 3.63) is 53.0 Å². The normalized spacial score (nSPS) is 14.9. The Bertz CT molecular complexity index is 840. The minimum Gasteiger partial charge on any atom is -0.478 e. The molecule has 0 atom stereocenters. The number of carbonyl (C=O) groups excluding carboxylic acids is 1. The number of aromatic nitrogens is 2. The maximum Gasteiger partial charge on any atom is 0.335 e. The molecule has 1 aliphatic heterocycles. The van der Waals surface area contributed by atoms with E-state index in [1.807, 2.05) is 19.9 Å². The zero-order chi connectivity index (χ0) is 19.6. The van der Waals surface area contributed by atoms with Gasteiger partial charge >= 0.3 is 5.97 Å². The van der Waals surface area contributed by atoms with Crippen LogP contribution in [0.5, 0.6) is 0 Å². The molecular weight excluding hydrogens is 344 g/mol. The number of carboxylic acids is 1. The van der Waals surface area contributed by atoms with Crippen LogP contribution in [-0.4, -0.2) is 58.0 Å². The van der Waals surface area contributed by atoms with E-state index in [0.29, 0.717) is 5.56 Å². The van der Waals surface area contributed by atoms with Crippen molar-refractivity contribution in [1.29, 1.82) is 0 Å². The maximum absolute atomic E-state index is 12.8. The summed E-state index contributed by atoms with van der Waals surface area (Å²) in [6.07, 6.45) is 1.67. The summed E-state index contributed by atoms with van der Waals surface area (Å²) in [6.45, 7) is 5.48. The Balaban J connectivity index is 1.66. The monoisotopic (exact) mass is 368 g/mol. The Morgan fingerprint density at radius 3 is 2.41 bits per heavy atom. The third-order valence-corrected chi connectivity index (χ3v) is 4.97. The van der Waals surface area contributed by atoms with Crippen LogP contribution in [0.1, 0.15) is 45.1 Å². The highest BCUT2D eigenvalue weighted by molar-refractivity contribution is 5.97. The molecule has 142 valence electrons. The van der Waals surface area contributed by atoms with Crippen molar-refractivity contribution in [3.8, 4) is 0 Å². The molecule has 0 spiro atoms. The fraction of sp³-hybridized carbons (Fsp3) is 0.400. The summed E-state index contributed by atoms with van der Waals surface area (Å²) in [7, 11) is 1.79. The second-order valence-corrected chi connectivity index (χ2v) is 6.93. The van der Waals surface area contributed by atoms with Crippen LogP contribution in [0.3, 0.4) is 0 Å². The minimum atomic E-state index is -1.03. The summed E-state index contributed by atoms with van der Waals surface area (Å²) < 4.78 is 0. The minimum absolute atomic E-state index is 0.117. The first-order valence-electron chi connectivity index (χ1n) is 9.03. The van der Waals surface area contributed by atoms with Gasteiger partial charge in [0.2, 0.25) is 0 Å². The fourth-order valence-electron chi connectivity index (χ4n) is 3.50. The lowest BCUT2D eigenvalue weighted by Crippen LogP contribution is -2.46. The van der Waals surface area contributed by atoms with Crippen LogP contribution < -0.4 is 4.90 Å². The van der Waals surface area contributed by atoms with Gasteiger partial charge in [0, 0.05) is 43.5 Å². The summed E-state index contributed by atoms with van der Waals surface area (Å²) in [6, 6.07) is 8.29. The predicted molar refractivity (Wildman–Crippen MR) is 102 cm³/mol. The van der Waals surface area contributed by atoms with Gasteiger partial charge < -0.3 is 14.9 Å². The molecule has 1 saturated heterocycles. The Labute approximate surface area is 158 Å². The lowest BCUT2D eigenvalue weighted by Gasteiger charge is -2.37. The van der Waals surface area contributed by atoms with Crippen LogP contribution in [0.25, 0.3) is 0 Å². The van der Waals surface area contributed by atoms with Gasteiger partial charge in [0.1, 0.15) is 11.6 Å². The van der Waals surface area contributed by atoms with Gasteiger partial charge in [0.05, 0.1) is 5.56 Å². The van der Waals surface area contributed by atoms with E-state index in [0.717, 1.165) is 43.3 Å². The van der Waals surface area contributed by atoms with Crippen molar-refractivity contribution >= 4 is 17.7 Å². The molecule has 1 aromatic carbocycles. The van der Waals surface area contributed by atoms with E-state index in [-0.39, 0.29) is 17.5 Å². The van der Waals surface area contributed by atoms with E-state index in [9.17, 15) is 9.59 Å². The van der Waals surface area contributed by atoms with Crippen LogP contribution in [0.4, 0.5) is 5.82 Å². The first-order chi connectivity index (χ1) is 12.8. The van der Waals surface area contributed by atoms with E-state index in [2.05, 4.69) is 14.9 Å². The number of nitrogens with zero attached hydrogens (tertiary/aromatic N) is 4. The molecule has 0 aliphatic carbocycles. The molecule has 0 bridgehead atoms. The van der Waals surface area contributed by atoms with Crippen molar-refractivity contribution in [2.24, 2.45) is 0 Å². The molecule has 0 radical (unpaired) electrons. The van der Waals surface area contributed by atoms with Crippen LogP contribution in [0.15, 0.2) is 30.3 Å². The fourth-order valence-corrected chi connectivity index (χ4v) is 3.50. The van der Waals surface area contributed by atoms with E-state index in [1.165, 1.54) is 12.1 Å². The average Bonchev–Trinajstić information content (AvgIpc) is 2.66. The van der Waals surface area contributed by atoms with Crippen LogP contribution in [-0.2, 0) is 0 Å². The predicted octanol–water partition coefficient (Wildman–Crippen LogP) is 2.53. The molecule has 1 aromatic heterocycles. The number of hydrogen-bond acceptors (Lipinski definition) is 5. The molecule has 1 aliphatic rings. The summed E-state index contributed by atoms with van der Waals surface area (Å²) in [4.78, 5) is 36.7. The molecule has 2 heterocycles. The van der Waals surface area contributed by atoms with Crippen molar-refractivity contribution in [3.63, 3.8) is 0 Å². The third kappa shape index (κ3) is 4.24. The number of aryl methyl sites for hydroxylation is 2. The molecule has 1 fully saturated rings. The topological polar surface area (TPSA) is 86.6 Å². The van der Waals surface area contributed by atoms with Gasteiger partial charge in [-0.25, -0.2) is 14.8 Å². The molecule has 0 unspecified atom stereocenters. The van der Waals surface area contributed by atoms with Crippen LogP contribution in [0, 0.1) is 13.8 Å². The van der Waals surface area contributed by atoms with Gasteiger partial charge in [0.15, 0.2) is 0 Å². The summed E-state index contributed by atoms with van der Waals surface area (Å²) in [5, 5.41) is 9.11. The number of amides is 1. The SMILES string of the molecule is Cc1cc(N2CCC(N(C)C(=O)c3cccc(C(=O)O)c3)CC2)nc(C)n1. The van der Waals surface area contributed by atoms with Crippen LogP contribution >= 0.6 is 0 Å². The number of piperidine rings is 1. The van der Waals surface area contributed by atoms with Gasteiger partial charge in [-0.1, -0.05) is 6.07 Å². The smallest absolute Gasteiger partial charge is 0.335 e. The van der Waals surface area contributed by atoms with Crippen molar-refractivity contribution in [1.82, 2.24) is 14.9 Å². The Morgan fingerprint density at radius 1 is 1.11 bits per heavy atom. The second-order valence-electron chi connectivity index (χ2n) is 6.93. The highest BCUT2D eigenvalue weighted by atomic mass is 16.4. The number of rotatable bonds is 4. The number of carbonyl (C=O) groups is 2. The highest BCUT2D eigenvalue weighted by Gasteiger charge is 2.27. The molecule has 2 aromatic rings. The maximum atomic E-state index is 12.8. The molecule has 7 nitrogen and oxygen atoms in total. The first kappa shape index (κ1) is 18.8. The van der Waals surface area contributed by atoms with Gasteiger partial charge in [-0.3, -0.25) is 4.79 Å². The van der Waals surface area contributed by atoms with Gasteiger partial charge in [0.25, 0.3) is 5.91 Å². The standard InChI is InChI=1S/C20H24N4O3/c1-13-11-18(22-14(2)21-13)24-9-7-17(8-10-24)23(3)19(25)15-5-4-6-16(12-15)20(26)27/h4-6,11-12,17H,7-10H2,1-3H3,(H,26,27). The number of hydrogen-bond donors (Lipinski definition) is 1. The lowest BCUT2D eigenvalue weighted by atomic mass is 10.0. The molecule has 3 rings (SSSR count). The molecule has 1 N–H and O–H groups in total. The van der Waals surface area contributed by atoms with Crippen molar-refractivity contribution < 1.29 is 14.7 Å². The molecular formula is C20H24N4O3. The number of anilines is 1. The average molecular weight is 368 g/mol. The van der Waals surface area contributed by atoms with Crippen LogP contribution in [0.2, 0.25) is 0 Å². The quantitative estimate of drug-likeness (QED) is 0.892. The summed E-state index contributed by atoms with van der Waals surface area (Å²) >= 11 is 0. The Hall–Kier alpha value is -2.96. The second kappa shape index (κ2) is 7.73. The first-order valence-corrected chi connectivity index (χ1v) is 9.03. The Kier molecular flexibility index (Phi) is 5.39. The molecule has 27 heavy (non-hydrogen) atoms.